The highest BCUT2D eigenvalue weighted by Gasteiger charge is 2.48. The number of hydrogen-bond acceptors (Lipinski definition) is 14. The van der Waals surface area contributed by atoms with Crippen LogP contribution in [-0.2, 0) is 23.9 Å². The average molecular weight is 1140 g/mol. The first-order valence-electron chi connectivity index (χ1n) is 27.5. The number of amides is 9. The number of fused-ring (bicyclic) bond motifs is 2. The largest absolute Gasteiger partial charge is 0.466 e. The minimum Gasteiger partial charge on any atom is -0.466 e. The average Bonchev–Trinajstić information content (AvgIpc) is 4.18. The number of urea groups is 2. The Labute approximate surface area is 475 Å². The van der Waals surface area contributed by atoms with Crippen molar-refractivity contribution in [1.82, 2.24) is 39.9 Å². The van der Waals surface area contributed by atoms with E-state index in [9.17, 15) is 38.4 Å². The maximum Gasteiger partial charge on any atom is 0.365 e. The highest BCUT2D eigenvalue weighted by Crippen LogP contribution is 2.40. The van der Waals surface area contributed by atoms with Gasteiger partial charge in [-0.3, -0.25) is 49.4 Å². The van der Waals surface area contributed by atoms with Crippen LogP contribution in [0, 0.1) is 0 Å². The molecule has 2 aromatic carbocycles. The molecular formula is C55H77AlN12O9S2. The zero-order valence-corrected chi connectivity index (χ0v) is 49.9. The standard InChI is InChI=1S/C26H34N6O4S.C24H29N5O5S.C3H8N.2CH3.Al/c1-4-27-25(36)29-22-21(17-9-7-8-10-18(17)37-22)23(34)32-15-13-26(14-16-32)24(35)28-19(30-26)11-12-20(33)31(5-2)6-3;1-3-25-23(33)27-20-19(15-7-5-6-8-16(15)35-20)21(31)29-13-11-24(12-14-29)22(32)26-17(28-24)9-10-18(30)34-4-2;1-3-4-2;;;/h7-10H,4-6,11-16H2,1-3H3,(H2,27,29,36)(H,28,30,35);5-8H,3-4,9-14H2,1-2H3,(H2,25,27,33)(H,26,28,32);3H2,1-2H3;2*1H3;/q;;-1;;;+1. The SMILES string of the molecule is CCNC(=O)Nc1sc2ccccc2c1C(=O)N1CCC2(CC1)N=C(CCC(=O)N(CC)CC)NC2=O.CCNC(=O)Nc1sc2ccccc2c1C(=O)N1CCC2(CC1)N=C(CCC(=O)OCC)NC2=O.CC[N](C)[Al]([CH3])[CH3]. The van der Waals surface area contributed by atoms with Crippen molar-refractivity contribution in [2.24, 2.45) is 9.98 Å². The van der Waals surface area contributed by atoms with Gasteiger partial charge < -0.3 is 44.6 Å². The zero-order chi connectivity index (χ0) is 57.4. The van der Waals surface area contributed by atoms with Gasteiger partial charge >= 0.3 is 32.4 Å². The number of esters is 1. The van der Waals surface area contributed by atoms with Crippen molar-refractivity contribution in [3.63, 3.8) is 0 Å². The molecule has 0 radical (unpaired) electrons. The molecule has 4 aliphatic heterocycles. The van der Waals surface area contributed by atoms with Crippen LogP contribution in [0.3, 0.4) is 0 Å². The highest BCUT2D eigenvalue weighted by atomic mass is 32.1. The highest BCUT2D eigenvalue weighted by molar-refractivity contribution is 7.24. The Morgan fingerprint density at radius 2 is 1.06 bits per heavy atom. The van der Waals surface area contributed by atoms with Crippen LogP contribution in [0.2, 0.25) is 11.6 Å². The molecule has 2 aromatic heterocycles. The summed E-state index contributed by atoms with van der Waals surface area (Å²) in [4.78, 5) is 116. The number of ether oxygens (including phenoxy) is 1. The lowest BCUT2D eigenvalue weighted by Gasteiger charge is -2.35. The summed E-state index contributed by atoms with van der Waals surface area (Å²) in [5.74, 6) is 4.71. The third kappa shape index (κ3) is 15.3. The van der Waals surface area contributed by atoms with E-state index in [-0.39, 0.29) is 54.0 Å². The minimum atomic E-state index is -0.917. The van der Waals surface area contributed by atoms with Gasteiger partial charge in [-0.1, -0.05) is 54.9 Å². The van der Waals surface area contributed by atoms with Crippen LogP contribution in [0.4, 0.5) is 19.6 Å². The molecule has 79 heavy (non-hydrogen) atoms. The van der Waals surface area contributed by atoms with E-state index in [2.05, 4.69) is 66.3 Å². The number of rotatable bonds is 17. The second kappa shape index (κ2) is 28.6. The molecule has 0 aliphatic carbocycles. The lowest BCUT2D eigenvalue weighted by Crippen LogP contribution is -2.50. The Balaban J connectivity index is 0.000000228. The van der Waals surface area contributed by atoms with Gasteiger partial charge in [0.05, 0.1) is 24.2 Å². The minimum absolute atomic E-state index is 0.0448. The Bertz CT molecular complexity index is 2920. The predicted octanol–water partition coefficient (Wildman–Crippen LogP) is 7.27. The summed E-state index contributed by atoms with van der Waals surface area (Å²) in [5, 5.41) is 19.3. The van der Waals surface area contributed by atoms with Gasteiger partial charge in [-0.15, -0.1) is 22.7 Å². The van der Waals surface area contributed by atoms with Gasteiger partial charge in [0.25, 0.3) is 23.6 Å². The number of aliphatic imine (C=N–C) groups is 2. The van der Waals surface area contributed by atoms with E-state index in [1.807, 2.05) is 76.2 Å². The van der Waals surface area contributed by atoms with Crippen LogP contribution in [0.25, 0.3) is 20.2 Å². The van der Waals surface area contributed by atoms with Crippen LogP contribution < -0.4 is 31.9 Å². The van der Waals surface area contributed by atoms with Crippen molar-refractivity contribution in [3.8, 4) is 0 Å². The van der Waals surface area contributed by atoms with Crippen molar-refractivity contribution in [3.05, 3.63) is 59.7 Å². The summed E-state index contributed by atoms with van der Waals surface area (Å²) in [6, 6.07) is 14.4. The Morgan fingerprint density at radius 1 is 0.646 bits per heavy atom. The van der Waals surface area contributed by atoms with Crippen molar-refractivity contribution >= 4 is 126 Å². The fraction of sp³-hybridized carbons (Fsp3) is 0.527. The number of nitrogens with zero attached hydrogens (tertiary/aromatic N) is 6. The monoisotopic (exact) mass is 1140 g/mol. The molecule has 2 fully saturated rings. The molecule has 0 bridgehead atoms. The number of hydrogen-bond donors (Lipinski definition) is 6. The van der Waals surface area contributed by atoms with E-state index in [0.29, 0.717) is 137 Å². The molecule has 6 heterocycles. The quantitative estimate of drug-likeness (QED) is 0.0455. The summed E-state index contributed by atoms with van der Waals surface area (Å²) < 4.78 is 9.19. The number of benzene rings is 2. The predicted molar refractivity (Wildman–Crippen MR) is 315 cm³/mol. The lowest BCUT2D eigenvalue weighted by molar-refractivity contribution is -0.143. The van der Waals surface area contributed by atoms with E-state index >= 15 is 0 Å². The van der Waals surface area contributed by atoms with Gasteiger partial charge in [-0.25, -0.2) is 9.59 Å². The molecule has 426 valence electrons. The normalized spacial score (nSPS) is 16.0. The molecule has 21 nitrogen and oxygen atoms in total. The first-order chi connectivity index (χ1) is 37.9. The second-order valence-corrected chi connectivity index (χ2v) is 25.0. The fourth-order valence-electron chi connectivity index (χ4n) is 9.65. The summed E-state index contributed by atoms with van der Waals surface area (Å²) in [6.07, 6.45) is 2.72. The van der Waals surface area contributed by atoms with E-state index < -0.39 is 25.4 Å². The molecule has 2 saturated heterocycles. The topological polar surface area (TPSA) is 256 Å². The first-order valence-corrected chi connectivity index (χ1v) is 32.0. The maximum absolute atomic E-state index is 13.7. The van der Waals surface area contributed by atoms with Crippen molar-refractivity contribution in [2.75, 3.05) is 83.2 Å². The van der Waals surface area contributed by atoms with Crippen molar-refractivity contribution in [1.29, 1.82) is 0 Å². The molecule has 2 spiro atoms. The lowest BCUT2D eigenvalue weighted by atomic mass is 9.87. The van der Waals surface area contributed by atoms with Gasteiger partial charge in [0.2, 0.25) is 5.91 Å². The Kier molecular flexibility index (Phi) is 22.4. The number of carbonyl (C=O) groups excluding carboxylic acids is 8. The second-order valence-electron chi connectivity index (χ2n) is 19.8. The molecule has 0 saturated carbocycles. The van der Waals surface area contributed by atoms with Gasteiger partial charge in [0.1, 0.15) is 32.8 Å². The van der Waals surface area contributed by atoms with Gasteiger partial charge in [0, 0.05) is 91.8 Å². The molecule has 6 N–H and O–H groups in total. The molecule has 0 unspecified atom stereocenters. The number of carbonyl (C=O) groups is 8. The Hall–Kier alpha value is -6.45. The molecule has 24 heteroatoms. The molecule has 8 rings (SSSR count). The van der Waals surface area contributed by atoms with E-state index in [1.165, 1.54) is 29.2 Å². The summed E-state index contributed by atoms with van der Waals surface area (Å²) in [7, 11) is 2.19. The summed E-state index contributed by atoms with van der Waals surface area (Å²) in [6.45, 7) is 16.7. The van der Waals surface area contributed by atoms with Crippen LogP contribution in [0.5, 0.6) is 0 Å². The zero-order valence-electron chi connectivity index (χ0n) is 47.1. The smallest absolute Gasteiger partial charge is 0.365 e. The molecule has 4 aliphatic rings. The van der Waals surface area contributed by atoms with Crippen LogP contribution in [0.15, 0.2) is 58.5 Å². The molecule has 9 amide bonds. The first kappa shape index (κ1) is 61.8. The van der Waals surface area contributed by atoms with Gasteiger partial charge in [0.15, 0.2) is 0 Å². The van der Waals surface area contributed by atoms with Gasteiger partial charge in [-0.2, -0.15) is 0 Å². The van der Waals surface area contributed by atoms with Crippen LogP contribution in [-0.4, -0.2) is 176 Å². The molecule has 0 atom stereocenters. The fourth-order valence-corrected chi connectivity index (χ4v) is 12.6. The van der Waals surface area contributed by atoms with E-state index in [0.717, 1.165) is 20.2 Å². The number of nitrogens with one attached hydrogen (secondary N) is 6. The number of amidine groups is 2. The summed E-state index contributed by atoms with van der Waals surface area (Å²) in [5.41, 5.74) is -0.886. The van der Waals surface area contributed by atoms with Gasteiger partial charge in [-0.05, 0) is 86.0 Å². The Morgan fingerprint density at radius 3 is 1.43 bits per heavy atom. The number of likely N-dealkylation sites (tertiary alicyclic amines) is 2. The molecule has 4 aromatic rings. The van der Waals surface area contributed by atoms with Crippen molar-refractivity contribution in [2.45, 2.75) is 116 Å². The van der Waals surface area contributed by atoms with Crippen LogP contribution >= 0.6 is 22.7 Å². The number of anilines is 2. The maximum atomic E-state index is 13.7. The van der Waals surface area contributed by atoms with Crippen LogP contribution in [0.1, 0.15) is 114 Å². The molecular weight excluding hydrogens is 1060 g/mol. The van der Waals surface area contributed by atoms with E-state index in [1.54, 1.807) is 21.6 Å². The third-order valence-corrected chi connectivity index (χ3v) is 18.8. The third-order valence-electron chi connectivity index (χ3n) is 14.5. The van der Waals surface area contributed by atoms with E-state index in [4.69, 9.17) is 9.73 Å². The number of thiophene rings is 2. The van der Waals surface area contributed by atoms with Crippen molar-refractivity contribution < 1.29 is 43.1 Å². The number of piperidine rings is 2. The summed E-state index contributed by atoms with van der Waals surface area (Å²) >= 11 is 2.29.